The molecule has 21 heteroatoms. The second-order valence-corrected chi connectivity index (χ2v) is 19.6. The van der Waals surface area contributed by atoms with Crippen LogP contribution >= 0.6 is 0 Å². The largest absolute Gasteiger partial charge is 1.00 e. The van der Waals surface area contributed by atoms with Gasteiger partial charge in [0, 0.05) is 96.7 Å². The quantitative estimate of drug-likeness (QED) is 0.0146. The van der Waals surface area contributed by atoms with E-state index in [2.05, 4.69) is 77.3 Å². The molecule has 6 heterocycles. The number of rotatable bonds is 19. The van der Waals surface area contributed by atoms with Crippen molar-refractivity contribution in [2.24, 2.45) is 35.5 Å². The average molecular weight is 1150 g/mol. The van der Waals surface area contributed by atoms with Gasteiger partial charge < -0.3 is 59.7 Å². The molecule has 0 amide bonds. The van der Waals surface area contributed by atoms with E-state index in [1.54, 1.807) is 26.2 Å². The Morgan fingerprint density at radius 1 is 0.775 bits per heavy atom. The maximum absolute atomic E-state index is 11.8. The number of fused-ring (bicyclic) bond motifs is 2. The number of carbonyl (C=O) groups excluding carboxylic acids is 3. The molecule has 0 spiro atoms. The molecule has 2 aliphatic carbocycles. The molecule has 4 aromatic heterocycles. The summed E-state index contributed by atoms with van der Waals surface area (Å²) in [4.78, 5) is 44.1. The Kier molecular flexibility index (Phi) is 28.5. The summed E-state index contributed by atoms with van der Waals surface area (Å²) in [5.41, 5.74) is 5.48. The van der Waals surface area contributed by atoms with Crippen molar-refractivity contribution in [3.63, 3.8) is 0 Å². The van der Waals surface area contributed by atoms with Crippen LogP contribution in [0.3, 0.4) is 0 Å². The Labute approximate surface area is 554 Å². The Morgan fingerprint density at radius 2 is 1.23 bits per heavy atom. The van der Waals surface area contributed by atoms with Crippen LogP contribution in [0.2, 0.25) is 0 Å². The maximum Gasteiger partial charge on any atom is 1.00 e. The molecule has 0 bridgehead atoms. The number of nitrogens with zero attached hydrogens (tertiary/aromatic N) is 7. The van der Waals surface area contributed by atoms with E-state index in [1.165, 1.54) is 6.08 Å². The van der Waals surface area contributed by atoms with Crippen molar-refractivity contribution in [3.05, 3.63) is 132 Å². The van der Waals surface area contributed by atoms with Crippen molar-refractivity contribution in [1.82, 2.24) is 39.6 Å². The molecule has 10 rings (SSSR count). The van der Waals surface area contributed by atoms with Crippen LogP contribution in [-0.2, 0) is 41.8 Å². The number of piperidine rings is 2. The molecule has 2 aliphatic heterocycles. The first-order chi connectivity index (χ1) is 37.9. The van der Waals surface area contributed by atoms with Crippen LogP contribution in [0.1, 0.15) is 108 Å². The van der Waals surface area contributed by atoms with Gasteiger partial charge in [0.25, 0.3) is 6.47 Å². The van der Waals surface area contributed by atoms with Gasteiger partial charge in [-0.05, 0) is 112 Å². The third-order valence-corrected chi connectivity index (χ3v) is 13.8. The van der Waals surface area contributed by atoms with Gasteiger partial charge in [-0.25, -0.2) is 14.8 Å². The molecular weight excluding hydrogens is 1070 g/mol. The van der Waals surface area contributed by atoms with Gasteiger partial charge >= 0.3 is 115 Å². The maximum atomic E-state index is 11.8. The standard InChI is InChI=1S/C29H34N4O4.C22H22N4O2.C7H12O2.CH2O3.2K.H/c1-3-4-15-36-28(35)11-13-32-18-25-24(26(25)19-32)10-7-21-5-8-22(9-6-21)27-16-23(31-37-27)17-33-14-12-30-29(33)20(2)34;1-14(27)22-24-8-9-26(22)13-17-10-21(28-25-17)16-5-2-15(3-6-16)4-7-18-19-11-23-12-20(18)19;1-3-5-6-9-7(8)4-2;2-1-4-3;;;/h5-6,8-9,12,14,16,20,24-26,34H,3-4,11,13,15,17-19H2,1-2H3;2-3,5-6,8-10,14,18-20,23,27H,11-13H2,1H3;4H,2-3,5-6H2,1H3;1,3H;;;/q;;;;2*+1;-1/p-1/t20-,24?,25-,26+;14-,18?,19-,20+;;;;;/m00...../s1. The third-order valence-electron chi connectivity index (χ3n) is 13.8. The second-order valence-electron chi connectivity index (χ2n) is 19.6. The van der Waals surface area contributed by atoms with Crippen molar-refractivity contribution in [2.75, 3.05) is 45.9 Å². The van der Waals surface area contributed by atoms with E-state index < -0.39 is 12.2 Å². The van der Waals surface area contributed by atoms with Crippen molar-refractivity contribution in [2.45, 2.75) is 85.1 Å². The van der Waals surface area contributed by atoms with Crippen LogP contribution in [0, 0.1) is 59.2 Å². The van der Waals surface area contributed by atoms with E-state index in [4.69, 9.17) is 23.8 Å². The Balaban J connectivity index is 0.000000283. The number of hydrogen-bond donors (Lipinski definition) is 3. The van der Waals surface area contributed by atoms with Gasteiger partial charge in [-0.15, -0.1) is 0 Å². The van der Waals surface area contributed by atoms with Crippen LogP contribution < -0.4 is 113 Å². The number of imidazole rings is 2. The van der Waals surface area contributed by atoms with E-state index in [0.29, 0.717) is 73.8 Å². The molecule has 6 aromatic rings. The fourth-order valence-electron chi connectivity index (χ4n) is 9.48. The molecule has 8 atom stereocenters. The van der Waals surface area contributed by atoms with E-state index in [0.717, 1.165) is 110 Å². The summed E-state index contributed by atoms with van der Waals surface area (Å²) in [6, 6.07) is 20.0. The second kappa shape index (κ2) is 34.3. The first-order valence-electron chi connectivity index (χ1n) is 26.6. The number of aromatic nitrogens is 6. The molecule has 3 N–H and O–H groups in total. The Hall–Kier alpha value is -4.38. The zero-order valence-corrected chi connectivity index (χ0v) is 52.9. The summed E-state index contributed by atoms with van der Waals surface area (Å²) in [6.07, 6.45) is 11.3. The SMILES string of the molecule is C=CC(=O)OCCCC.CCCCOC(=O)CCN1C[C@@H]2C(C#Cc3ccc(-c4cc(Cn5ccnc5[C@H](C)O)no4)cc3)[C@@H]2C1.C[C@H](O)c1nccn1Cc1cc(-c2ccc(C#CC3[C@H]4CNC[C@@H]34)cc2)on1.O=CO[O-].[H-].[K+].[K+]. The monoisotopic (exact) mass is 1140 g/mol. The zero-order valence-electron chi connectivity index (χ0n) is 47.7. The van der Waals surface area contributed by atoms with E-state index in [-0.39, 0.29) is 123 Å². The van der Waals surface area contributed by atoms with E-state index >= 15 is 0 Å². The van der Waals surface area contributed by atoms with Gasteiger partial charge in [-0.1, -0.05) is 67.3 Å². The van der Waals surface area contributed by atoms with Crippen molar-refractivity contribution in [1.29, 1.82) is 0 Å². The Morgan fingerprint density at radius 3 is 1.65 bits per heavy atom. The molecule has 4 fully saturated rings. The van der Waals surface area contributed by atoms with Gasteiger partial charge in [0.05, 0.1) is 32.7 Å². The molecule has 2 unspecified atom stereocenters. The molecule has 414 valence electrons. The van der Waals surface area contributed by atoms with Crippen molar-refractivity contribution in [3.8, 4) is 46.3 Å². The molecule has 2 aromatic carbocycles. The third kappa shape index (κ3) is 19.9. The summed E-state index contributed by atoms with van der Waals surface area (Å²) in [5, 5.41) is 39.8. The van der Waals surface area contributed by atoms with Gasteiger partial charge in [0.15, 0.2) is 11.5 Å². The number of likely N-dealkylation sites (tertiary alicyclic amines) is 1. The topological polar surface area (TPSA) is 245 Å². The average Bonchev–Trinajstić information content (AvgIpc) is 4.31. The van der Waals surface area contributed by atoms with Crippen LogP contribution in [0.5, 0.6) is 0 Å². The number of ether oxygens (including phenoxy) is 2. The summed E-state index contributed by atoms with van der Waals surface area (Å²) in [6.45, 7) is 17.7. The van der Waals surface area contributed by atoms with Gasteiger partial charge in [-0.3, -0.25) is 9.59 Å². The summed E-state index contributed by atoms with van der Waals surface area (Å²) in [7, 11) is 0. The van der Waals surface area contributed by atoms with E-state index in [9.17, 15) is 19.8 Å². The minimum absolute atomic E-state index is 0. The molecule has 2 saturated carbocycles. The molecule has 4 aliphatic rings. The number of aliphatic hydroxyl groups is 2. The van der Waals surface area contributed by atoms with Gasteiger partial charge in [0.1, 0.15) is 35.2 Å². The zero-order chi connectivity index (χ0) is 55.4. The number of benzene rings is 2. The summed E-state index contributed by atoms with van der Waals surface area (Å²) >= 11 is 0. The molecule has 0 radical (unpaired) electrons. The van der Waals surface area contributed by atoms with Crippen molar-refractivity contribution < 1.29 is 157 Å². The van der Waals surface area contributed by atoms with Crippen LogP contribution in [-0.4, -0.2) is 109 Å². The number of nitrogens with one attached hydrogen (secondary N) is 1. The van der Waals surface area contributed by atoms with Crippen LogP contribution in [0.15, 0.2) is 107 Å². The molecular formula is C59H70K2N8O11. The number of carbonyl (C=O) groups is 3. The number of aliphatic hydroxyl groups excluding tert-OH is 2. The van der Waals surface area contributed by atoms with Gasteiger partial charge in [-0.2, -0.15) is 0 Å². The first-order valence-corrected chi connectivity index (χ1v) is 26.6. The van der Waals surface area contributed by atoms with Crippen molar-refractivity contribution >= 4 is 18.4 Å². The minimum atomic E-state index is -0.643. The fourth-order valence-corrected chi connectivity index (χ4v) is 9.48. The minimum Gasteiger partial charge on any atom is -1.00 e. The number of hydrogen-bond acceptors (Lipinski definition) is 17. The number of esters is 2. The first kappa shape index (κ1) is 66.4. The Bertz CT molecular complexity index is 2990. The van der Waals surface area contributed by atoms with Gasteiger partial charge in [0.2, 0.25) is 0 Å². The molecule has 2 saturated heterocycles. The molecule has 19 nitrogen and oxygen atoms in total. The molecule has 80 heavy (non-hydrogen) atoms. The fraction of sp³-hybridized carbons (Fsp3) is 0.441. The normalized spacial score (nSPS) is 19.3. The number of unbranched alkanes of at least 4 members (excludes halogenated alkanes) is 2. The summed E-state index contributed by atoms with van der Waals surface area (Å²) in [5.74, 6) is 19.6. The van der Waals surface area contributed by atoms with E-state index in [1.807, 2.05) is 89.1 Å². The smallest absolute Gasteiger partial charge is 1.00 e. The predicted octanol–water partition coefficient (Wildman–Crippen LogP) is 0.430. The predicted molar refractivity (Wildman–Crippen MR) is 287 cm³/mol. The van der Waals surface area contributed by atoms with Crippen LogP contribution in [0.4, 0.5) is 0 Å². The van der Waals surface area contributed by atoms with Crippen LogP contribution in [0.25, 0.3) is 22.6 Å². The summed E-state index contributed by atoms with van der Waals surface area (Å²) < 4.78 is 24.7.